The number of fused-ring (bicyclic) bond motifs is 3. The fourth-order valence-electron chi connectivity index (χ4n) is 2.84. The summed E-state index contributed by atoms with van der Waals surface area (Å²) in [6, 6.07) is 10.1. The zero-order valence-corrected chi connectivity index (χ0v) is 14.5. The Morgan fingerprint density at radius 3 is 2.69 bits per heavy atom. The summed E-state index contributed by atoms with van der Waals surface area (Å²) in [7, 11) is 0. The number of hydrogen-bond donors (Lipinski definition) is 0. The van der Waals surface area contributed by atoms with Crippen LogP contribution in [0, 0.1) is 6.92 Å². The number of rotatable bonds is 2. The number of aromatic nitrogens is 6. The maximum atomic E-state index is 12.9. The molecule has 126 valence electrons. The summed E-state index contributed by atoms with van der Waals surface area (Å²) in [6.45, 7) is 2.05. The summed E-state index contributed by atoms with van der Waals surface area (Å²) in [4.78, 5) is 26.6. The molecular weight excluding hydrogens is 348 g/mol. The normalized spacial score (nSPS) is 11.4. The van der Waals surface area contributed by atoms with Gasteiger partial charge in [0.1, 0.15) is 6.33 Å². The second-order valence-electron chi connectivity index (χ2n) is 5.89. The molecule has 0 aliphatic carbocycles. The van der Waals surface area contributed by atoms with E-state index < -0.39 is 0 Å². The maximum absolute atomic E-state index is 12.9. The number of thiazole rings is 1. The van der Waals surface area contributed by atoms with Gasteiger partial charge >= 0.3 is 0 Å². The van der Waals surface area contributed by atoms with Crippen molar-refractivity contribution < 1.29 is 0 Å². The van der Waals surface area contributed by atoms with Crippen LogP contribution in [0.2, 0.25) is 0 Å². The molecule has 0 aliphatic heterocycles. The first-order chi connectivity index (χ1) is 12.7. The molecule has 0 aliphatic rings. The van der Waals surface area contributed by atoms with Gasteiger partial charge in [0.25, 0.3) is 11.3 Å². The lowest BCUT2D eigenvalue weighted by molar-refractivity contribution is 0.951. The number of pyridine rings is 1. The maximum Gasteiger partial charge on any atom is 0.267 e. The van der Waals surface area contributed by atoms with Crippen LogP contribution < -0.4 is 5.56 Å². The van der Waals surface area contributed by atoms with Crippen molar-refractivity contribution in [1.82, 2.24) is 29.1 Å². The van der Waals surface area contributed by atoms with Crippen molar-refractivity contribution in [1.29, 1.82) is 0 Å². The van der Waals surface area contributed by atoms with E-state index in [0.29, 0.717) is 21.8 Å². The Labute approximate surface area is 151 Å². The minimum absolute atomic E-state index is 0.183. The highest BCUT2D eigenvalue weighted by atomic mass is 32.1. The summed E-state index contributed by atoms with van der Waals surface area (Å²) >= 11 is 1.47. The lowest BCUT2D eigenvalue weighted by atomic mass is 10.1. The Balaban J connectivity index is 1.65. The molecule has 5 rings (SSSR count). The molecule has 0 radical (unpaired) electrons. The molecule has 0 saturated carbocycles. The first kappa shape index (κ1) is 14.9. The van der Waals surface area contributed by atoms with Crippen LogP contribution in [0.15, 0.2) is 60.0 Å². The molecule has 0 unspecified atom stereocenters. The molecule has 0 bridgehead atoms. The van der Waals surface area contributed by atoms with Crippen LogP contribution in [0.5, 0.6) is 0 Å². The molecule has 0 spiro atoms. The predicted octanol–water partition coefficient (Wildman–Crippen LogP) is 2.86. The highest BCUT2D eigenvalue weighted by molar-refractivity contribution is 7.17. The van der Waals surface area contributed by atoms with Gasteiger partial charge in [-0.1, -0.05) is 41.2 Å². The van der Waals surface area contributed by atoms with Gasteiger partial charge in [0, 0.05) is 18.6 Å². The molecule has 0 saturated heterocycles. The van der Waals surface area contributed by atoms with Gasteiger partial charge in [0.2, 0.25) is 0 Å². The van der Waals surface area contributed by atoms with Crippen molar-refractivity contribution in [2.45, 2.75) is 6.92 Å². The average molecular weight is 360 g/mol. The topological polar surface area (TPSA) is 78.0 Å². The Bertz CT molecular complexity index is 1320. The van der Waals surface area contributed by atoms with Gasteiger partial charge in [-0.3, -0.25) is 9.36 Å². The molecule has 5 aromatic rings. The van der Waals surface area contributed by atoms with Gasteiger partial charge in [0.15, 0.2) is 5.13 Å². The Morgan fingerprint density at radius 2 is 1.85 bits per heavy atom. The standard InChI is InChI=1S/C18H12N6OS/c1-11-2-4-12(5-3-11)15-9-20-18(26-15)23-7-6-14-13(16(23)25)8-19-17-21-10-22-24(14)17/h2-10H,1H3. The van der Waals surface area contributed by atoms with E-state index in [1.54, 1.807) is 16.9 Å². The van der Waals surface area contributed by atoms with Gasteiger partial charge in [-0.15, -0.1) is 0 Å². The summed E-state index contributed by atoms with van der Waals surface area (Å²) < 4.78 is 3.09. The lowest BCUT2D eigenvalue weighted by Gasteiger charge is -2.04. The Kier molecular flexibility index (Phi) is 3.19. The summed E-state index contributed by atoms with van der Waals surface area (Å²) in [5.74, 6) is 0.463. The zero-order chi connectivity index (χ0) is 17.7. The van der Waals surface area contributed by atoms with Crippen LogP contribution in [-0.4, -0.2) is 29.1 Å². The van der Waals surface area contributed by atoms with Crippen molar-refractivity contribution in [3.05, 3.63) is 71.2 Å². The SMILES string of the molecule is Cc1ccc(-c2cnc(-n3ccc4c(cnc5ncnn54)c3=O)s2)cc1. The molecule has 0 fully saturated rings. The third-order valence-corrected chi connectivity index (χ3v) is 5.26. The van der Waals surface area contributed by atoms with E-state index in [9.17, 15) is 4.79 Å². The van der Waals surface area contributed by atoms with E-state index in [0.717, 1.165) is 10.4 Å². The molecule has 4 heterocycles. The highest BCUT2D eigenvalue weighted by Crippen LogP contribution is 2.28. The number of hydrogen-bond acceptors (Lipinski definition) is 6. The fraction of sp³-hybridized carbons (Fsp3) is 0.0556. The van der Waals surface area contributed by atoms with Crippen LogP contribution in [0.4, 0.5) is 0 Å². The average Bonchev–Trinajstić information content (AvgIpc) is 3.32. The van der Waals surface area contributed by atoms with Crippen molar-refractivity contribution in [3.63, 3.8) is 0 Å². The molecule has 1 aromatic carbocycles. The van der Waals surface area contributed by atoms with Gasteiger partial charge in [-0.25, -0.2) is 9.97 Å². The van der Waals surface area contributed by atoms with E-state index in [4.69, 9.17) is 0 Å². The van der Waals surface area contributed by atoms with Crippen LogP contribution in [0.25, 0.3) is 32.3 Å². The summed E-state index contributed by atoms with van der Waals surface area (Å²) in [5, 5.41) is 5.21. The second-order valence-corrected chi connectivity index (χ2v) is 6.90. The Hall–Kier alpha value is -3.39. The minimum atomic E-state index is -0.183. The third kappa shape index (κ3) is 2.23. The molecule has 26 heavy (non-hydrogen) atoms. The molecule has 0 N–H and O–H groups in total. The third-order valence-electron chi connectivity index (χ3n) is 4.21. The van der Waals surface area contributed by atoms with Gasteiger partial charge < -0.3 is 0 Å². The van der Waals surface area contributed by atoms with E-state index >= 15 is 0 Å². The Morgan fingerprint density at radius 1 is 1.00 bits per heavy atom. The van der Waals surface area contributed by atoms with Gasteiger partial charge in [-0.2, -0.15) is 14.6 Å². The van der Waals surface area contributed by atoms with E-state index in [1.807, 2.05) is 6.07 Å². The second kappa shape index (κ2) is 5.57. The molecule has 7 nitrogen and oxygen atoms in total. The largest absolute Gasteiger partial charge is 0.268 e. The van der Waals surface area contributed by atoms with Crippen molar-refractivity contribution in [2.75, 3.05) is 0 Å². The van der Waals surface area contributed by atoms with E-state index in [1.165, 1.54) is 34.0 Å². The predicted molar refractivity (Wildman–Crippen MR) is 99.7 cm³/mol. The highest BCUT2D eigenvalue weighted by Gasteiger charge is 2.12. The van der Waals surface area contributed by atoms with Crippen molar-refractivity contribution >= 4 is 28.0 Å². The molecule has 0 atom stereocenters. The number of nitrogens with zero attached hydrogens (tertiary/aromatic N) is 6. The lowest BCUT2D eigenvalue weighted by Crippen LogP contribution is -2.18. The minimum Gasteiger partial charge on any atom is -0.268 e. The van der Waals surface area contributed by atoms with Gasteiger partial charge in [-0.05, 0) is 18.6 Å². The monoisotopic (exact) mass is 360 g/mol. The quantitative estimate of drug-likeness (QED) is 0.484. The number of benzene rings is 1. The van der Waals surface area contributed by atoms with Crippen molar-refractivity contribution in [3.8, 4) is 15.6 Å². The first-order valence-electron chi connectivity index (χ1n) is 7.94. The van der Waals surface area contributed by atoms with Crippen LogP contribution in [0.3, 0.4) is 0 Å². The summed E-state index contributed by atoms with van der Waals surface area (Å²) in [6.07, 6.45) is 6.46. The molecular formula is C18H12N6OS. The van der Waals surface area contributed by atoms with Crippen LogP contribution in [0.1, 0.15) is 5.56 Å². The summed E-state index contributed by atoms with van der Waals surface area (Å²) in [5.41, 5.74) is 2.77. The van der Waals surface area contributed by atoms with E-state index in [-0.39, 0.29) is 5.56 Å². The van der Waals surface area contributed by atoms with Crippen LogP contribution >= 0.6 is 11.3 Å². The molecule has 0 amide bonds. The number of aryl methyl sites for hydroxylation is 1. The fourth-order valence-corrected chi connectivity index (χ4v) is 3.75. The smallest absolute Gasteiger partial charge is 0.267 e. The van der Waals surface area contributed by atoms with E-state index in [2.05, 4.69) is 51.2 Å². The molecule has 8 heteroatoms. The zero-order valence-electron chi connectivity index (χ0n) is 13.7. The van der Waals surface area contributed by atoms with Gasteiger partial charge in [0.05, 0.1) is 15.8 Å². The van der Waals surface area contributed by atoms with Crippen molar-refractivity contribution in [2.24, 2.45) is 0 Å². The molecule has 4 aromatic heterocycles. The van der Waals surface area contributed by atoms with Crippen LogP contribution in [-0.2, 0) is 0 Å². The first-order valence-corrected chi connectivity index (χ1v) is 8.76.